The fourth-order valence-corrected chi connectivity index (χ4v) is 3.03. The Labute approximate surface area is 114 Å². The van der Waals surface area contributed by atoms with E-state index in [4.69, 9.17) is 10.9 Å². The van der Waals surface area contributed by atoms with E-state index in [9.17, 15) is 4.79 Å². The first kappa shape index (κ1) is 14.2. The predicted molar refractivity (Wildman–Crippen MR) is 73.8 cm³/mol. The molecule has 1 atom stereocenters. The van der Waals surface area contributed by atoms with E-state index in [2.05, 4.69) is 31.2 Å². The van der Waals surface area contributed by atoms with Gasteiger partial charge in [-0.05, 0) is 43.4 Å². The third-order valence-electron chi connectivity index (χ3n) is 4.92. The molecule has 0 heterocycles. The smallest absolute Gasteiger partial charge is 0.224 e. The maximum atomic E-state index is 12.3. The summed E-state index contributed by atoms with van der Waals surface area (Å²) in [4.78, 5) is 12.3. The van der Waals surface area contributed by atoms with Crippen LogP contribution in [0.1, 0.15) is 52.9 Å². The molecule has 0 bridgehead atoms. The predicted octanol–water partition coefficient (Wildman–Crippen LogP) is 1.84. The molecule has 0 aliphatic heterocycles. The average Bonchev–Trinajstić information content (AvgIpc) is 3.01. The molecule has 0 aromatic rings. The van der Waals surface area contributed by atoms with Gasteiger partial charge in [0.1, 0.15) is 5.54 Å². The van der Waals surface area contributed by atoms with Gasteiger partial charge in [0.2, 0.25) is 5.91 Å². The SMILES string of the molecule is CC1CCC(NC(=O)C2CC2(C)C)(C(N)=NO)CC1. The molecule has 0 aromatic carbocycles. The summed E-state index contributed by atoms with van der Waals surface area (Å²) in [7, 11) is 0. The van der Waals surface area contributed by atoms with Gasteiger partial charge in [0.25, 0.3) is 0 Å². The Morgan fingerprint density at radius 1 is 1.37 bits per heavy atom. The summed E-state index contributed by atoms with van der Waals surface area (Å²) < 4.78 is 0. The van der Waals surface area contributed by atoms with Gasteiger partial charge in [0.15, 0.2) is 5.84 Å². The quantitative estimate of drug-likeness (QED) is 0.315. The van der Waals surface area contributed by atoms with E-state index in [-0.39, 0.29) is 23.1 Å². The van der Waals surface area contributed by atoms with E-state index in [1.807, 2.05) is 0 Å². The molecule has 2 aliphatic carbocycles. The molecule has 0 aromatic heterocycles. The maximum absolute atomic E-state index is 12.3. The van der Waals surface area contributed by atoms with Gasteiger partial charge in [-0.3, -0.25) is 4.79 Å². The molecular formula is C14H25N3O2. The zero-order valence-corrected chi connectivity index (χ0v) is 12.1. The Hall–Kier alpha value is -1.26. The maximum Gasteiger partial charge on any atom is 0.224 e. The fraction of sp³-hybridized carbons (Fsp3) is 0.857. The first-order valence-electron chi connectivity index (χ1n) is 7.11. The van der Waals surface area contributed by atoms with Crippen LogP contribution in [0.5, 0.6) is 0 Å². The Bertz CT molecular complexity index is 395. The number of hydrogen-bond donors (Lipinski definition) is 3. The molecule has 2 saturated carbocycles. The Morgan fingerprint density at radius 3 is 2.32 bits per heavy atom. The second kappa shape index (κ2) is 4.69. The number of carbonyl (C=O) groups excluding carboxylic acids is 1. The number of oxime groups is 1. The summed E-state index contributed by atoms with van der Waals surface area (Å²) in [5.41, 5.74) is 5.30. The minimum atomic E-state index is -0.642. The van der Waals surface area contributed by atoms with Crippen LogP contribution in [0.15, 0.2) is 5.16 Å². The lowest BCUT2D eigenvalue weighted by Gasteiger charge is -2.39. The summed E-state index contributed by atoms with van der Waals surface area (Å²) in [6.45, 7) is 6.38. The number of nitrogens with two attached hydrogens (primary N) is 1. The monoisotopic (exact) mass is 267 g/mol. The molecule has 1 unspecified atom stereocenters. The van der Waals surface area contributed by atoms with Gasteiger partial charge in [-0.15, -0.1) is 0 Å². The van der Waals surface area contributed by atoms with Gasteiger partial charge in [-0.1, -0.05) is 25.9 Å². The highest BCUT2D eigenvalue weighted by Gasteiger charge is 2.52. The minimum absolute atomic E-state index is 0.0474. The Balaban J connectivity index is 2.09. The lowest BCUT2D eigenvalue weighted by molar-refractivity contribution is -0.124. The second-order valence-electron chi connectivity index (χ2n) is 6.98. The standard InChI is InChI=1S/C14H25N3O2/c1-9-4-6-14(7-5-9,12(15)17-19)16-11(18)10-8-13(10,2)3/h9-10,19H,4-8H2,1-3H3,(H2,15,17)(H,16,18). The summed E-state index contributed by atoms with van der Waals surface area (Å²) in [5, 5.41) is 15.2. The summed E-state index contributed by atoms with van der Waals surface area (Å²) in [6.07, 6.45) is 4.41. The Morgan fingerprint density at radius 2 is 1.89 bits per heavy atom. The number of nitrogens with zero attached hydrogens (tertiary/aromatic N) is 1. The number of amidine groups is 1. The first-order chi connectivity index (χ1) is 8.81. The number of rotatable bonds is 3. The molecule has 2 fully saturated rings. The van der Waals surface area contributed by atoms with Crippen molar-refractivity contribution in [3.05, 3.63) is 0 Å². The van der Waals surface area contributed by atoms with Crippen molar-refractivity contribution in [3.63, 3.8) is 0 Å². The van der Waals surface area contributed by atoms with E-state index >= 15 is 0 Å². The van der Waals surface area contributed by atoms with Crippen molar-refractivity contribution in [2.45, 2.75) is 58.4 Å². The van der Waals surface area contributed by atoms with Crippen molar-refractivity contribution >= 4 is 11.7 Å². The van der Waals surface area contributed by atoms with Gasteiger partial charge in [0, 0.05) is 5.92 Å². The van der Waals surface area contributed by atoms with E-state index < -0.39 is 5.54 Å². The first-order valence-corrected chi connectivity index (χ1v) is 7.11. The molecule has 108 valence electrons. The van der Waals surface area contributed by atoms with Crippen LogP contribution in [-0.2, 0) is 4.79 Å². The average molecular weight is 267 g/mol. The van der Waals surface area contributed by atoms with Gasteiger partial charge in [-0.2, -0.15) is 0 Å². The van der Waals surface area contributed by atoms with Crippen LogP contribution in [0, 0.1) is 17.3 Å². The molecule has 5 heteroatoms. The molecule has 5 nitrogen and oxygen atoms in total. The molecule has 2 aliphatic rings. The third-order valence-corrected chi connectivity index (χ3v) is 4.92. The largest absolute Gasteiger partial charge is 0.409 e. The Kier molecular flexibility index (Phi) is 3.49. The summed E-state index contributed by atoms with van der Waals surface area (Å²) in [5.74, 6) is 0.890. The molecule has 4 N–H and O–H groups in total. The number of carbonyl (C=O) groups is 1. The molecular weight excluding hydrogens is 242 g/mol. The van der Waals surface area contributed by atoms with Crippen LogP contribution in [0.4, 0.5) is 0 Å². The lowest BCUT2D eigenvalue weighted by atomic mass is 9.76. The fourth-order valence-electron chi connectivity index (χ4n) is 3.03. The molecule has 1 amide bonds. The van der Waals surface area contributed by atoms with E-state index in [1.165, 1.54) is 0 Å². The third kappa shape index (κ3) is 2.69. The van der Waals surface area contributed by atoms with Crippen LogP contribution in [0.25, 0.3) is 0 Å². The second-order valence-corrected chi connectivity index (χ2v) is 6.98. The highest BCUT2D eigenvalue weighted by atomic mass is 16.4. The van der Waals surface area contributed by atoms with E-state index in [1.54, 1.807) is 0 Å². The van der Waals surface area contributed by atoms with Crippen LogP contribution in [0.3, 0.4) is 0 Å². The van der Waals surface area contributed by atoms with Gasteiger partial charge in [-0.25, -0.2) is 0 Å². The van der Waals surface area contributed by atoms with E-state index in [0.29, 0.717) is 5.92 Å². The molecule has 0 saturated heterocycles. The van der Waals surface area contributed by atoms with Gasteiger partial charge >= 0.3 is 0 Å². The van der Waals surface area contributed by atoms with Crippen molar-refractivity contribution in [1.82, 2.24) is 5.32 Å². The highest BCUT2D eigenvalue weighted by molar-refractivity contribution is 5.95. The molecule has 19 heavy (non-hydrogen) atoms. The van der Waals surface area contributed by atoms with Gasteiger partial charge < -0.3 is 16.3 Å². The molecule has 2 rings (SSSR count). The minimum Gasteiger partial charge on any atom is -0.409 e. The van der Waals surface area contributed by atoms with Crippen LogP contribution in [0.2, 0.25) is 0 Å². The van der Waals surface area contributed by atoms with Gasteiger partial charge in [0.05, 0.1) is 0 Å². The van der Waals surface area contributed by atoms with Crippen molar-refractivity contribution in [3.8, 4) is 0 Å². The van der Waals surface area contributed by atoms with Crippen molar-refractivity contribution < 1.29 is 10.0 Å². The normalized spacial score (nSPS) is 37.7. The van der Waals surface area contributed by atoms with Crippen molar-refractivity contribution in [2.75, 3.05) is 0 Å². The lowest BCUT2D eigenvalue weighted by Crippen LogP contribution is -2.59. The topological polar surface area (TPSA) is 87.7 Å². The van der Waals surface area contributed by atoms with Crippen molar-refractivity contribution in [1.29, 1.82) is 0 Å². The summed E-state index contributed by atoms with van der Waals surface area (Å²) in [6, 6.07) is 0. The number of hydrogen-bond acceptors (Lipinski definition) is 3. The number of amides is 1. The highest BCUT2D eigenvalue weighted by Crippen LogP contribution is 2.52. The molecule has 0 radical (unpaired) electrons. The van der Waals surface area contributed by atoms with E-state index in [0.717, 1.165) is 32.1 Å². The van der Waals surface area contributed by atoms with Crippen LogP contribution in [-0.4, -0.2) is 22.5 Å². The van der Waals surface area contributed by atoms with Crippen LogP contribution >= 0.6 is 0 Å². The number of nitrogens with one attached hydrogen (secondary N) is 1. The summed E-state index contributed by atoms with van der Waals surface area (Å²) >= 11 is 0. The zero-order chi connectivity index (χ0) is 14.3. The molecule has 0 spiro atoms. The zero-order valence-electron chi connectivity index (χ0n) is 12.1. The van der Waals surface area contributed by atoms with Crippen LogP contribution < -0.4 is 11.1 Å². The van der Waals surface area contributed by atoms with Crippen molar-refractivity contribution in [2.24, 2.45) is 28.1 Å².